The van der Waals surface area contributed by atoms with Gasteiger partial charge in [-0.1, -0.05) is 30.0 Å². The van der Waals surface area contributed by atoms with Gasteiger partial charge in [-0.25, -0.2) is 22.7 Å². The van der Waals surface area contributed by atoms with E-state index in [-0.39, 0.29) is 10.8 Å². The number of thioether (sulfide) groups is 1. The molecule has 1 unspecified atom stereocenters. The maximum atomic E-state index is 12.7. The van der Waals surface area contributed by atoms with Gasteiger partial charge in [-0.2, -0.15) is 0 Å². The first-order valence-corrected chi connectivity index (χ1v) is 12.0. The molecule has 0 saturated carbocycles. The molecule has 0 aliphatic rings. The van der Waals surface area contributed by atoms with Gasteiger partial charge in [0.2, 0.25) is 15.9 Å². The molecule has 10 heteroatoms. The number of hydrogen-bond donors (Lipinski definition) is 2. The zero-order valence-corrected chi connectivity index (χ0v) is 19.4. The maximum Gasteiger partial charge on any atom is 0.242 e. The molecule has 3 aromatic rings. The molecule has 1 atom stereocenters. The van der Waals surface area contributed by atoms with Gasteiger partial charge in [0.15, 0.2) is 5.16 Å². The highest BCUT2D eigenvalue weighted by molar-refractivity contribution is 8.00. The third-order valence-electron chi connectivity index (χ3n) is 4.46. The highest BCUT2D eigenvalue weighted by Gasteiger charge is 2.20. The van der Waals surface area contributed by atoms with E-state index in [1.807, 2.05) is 31.2 Å². The topological polar surface area (TPSA) is 104 Å². The van der Waals surface area contributed by atoms with E-state index in [2.05, 4.69) is 20.6 Å². The van der Waals surface area contributed by atoms with Crippen LogP contribution in [0.3, 0.4) is 0 Å². The average Bonchev–Trinajstić information content (AvgIpc) is 2.74. The average molecular weight is 460 g/mol. The Morgan fingerprint density at radius 3 is 2.58 bits per heavy atom. The standard InChI is InChI=1S/C21H25N5O3S2/c1-5-22-19-17-11-6-7-12-18(17)24-21(25-19)30-14(2)20(27)23-15-9-8-10-16(13-15)31(28,29)26(3)4/h6-14H,5H2,1-4H3,(H,23,27)(H,22,24,25). The summed E-state index contributed by atoms with van der Waals surface area (Å²) in [6.45, 7) is 4.46. The van der Waals surface area contributed by atoms with E-state index in [0.29, 0.717) is 17.4 Å². The van der Waals surface area contributed by atoms with Crippen LogP contribution in [0.15, 0.2) is 58.6 Å². The smallest absolute Gasteiger partial charge is 0.242 e. The molecule has 3 rings (SSSR count). The summed E-state index contributed by atoms with van der Waals surface area (Å²) < 4.78 is 25.8. The normalized spacial score (nSPS) is 12.7. The SMILES string of the molecule is CCNc1nc(SC(C)C(=O)Nc2cccc(S(=O)(=O)N(C)C)c2)nc2ccccc12. The Morgan fingerprint density at radius 1 is 1.13 bits per heavy atom. The van der Waals surface area contributed by atoms with Crippen LogP contribution in [0.1, 0.15) is 13.8 Å². The number of fused-ring (bicyclic) bond motifs is 1. The summed E-state index contributed by atoms with van der Waals surface area (Å²) in [7, 11) is -0.660. The lowest BCUT2D eigenvalue weighted by Gasteiger charge is -2.15. The molecule has 0 aliphatic heterocycles. The summed E-state index contributed by atoms with van der Waals surface area (Å²) in [5.41, 5.74) is 1.21. The van der Waals surface area contributed by atoms with E-state index < -0.39 is 15.3 Å². The fourth-order valence-corrected chi connectivity index (χ4v) is 4.54. The molecular weight excluding hydrogens is 434 g/mol. The van der Waals surface area contributed by atoms with Crippen molar-refractivity contribution in [2.24, 2.45) is 0 Å². The lowest BCUT2D eigenvalue weighted by molar-refractivity contribution is -0.115. The van der Waals surface area contributed by atoms with E-state index in [9.17, 15) is 13.2 Å². The van der Waals surface area contributed by atoms with Gasteiger partial charge >= 0.3 is 0 Å². The lowest BCUT2D eigenvalue weighted by Crippen LogP contribution is -2.24. The second kappa shape index (κ2) is 9.63. The minimum atomic E-state index is -3.59. The van der Waals surface area contributed by atoms with Gasteiger partial charge in [0.1, 0.15) is 5.82 Å². The van der Waals surface area contributed by atoms with E-state index >= 15 is 0 Å². The molecule has 2 N–H and O–H groups in total. The van der Waals surface area contributed by atoms with Gasteiger partial charge in [0.05, 0.1) is 15.7 Å². The van der Waals surface area contributed by atoms with Gasteiger partial charge in [0, 0.05) is 31.7 Å². The first kappa shape index (κ1) is 23.0. The van der Waals surface area contributed by atoms with Crippen molar-refractivity contribution in [2.45, 2.75) is 29.1 Å². The number of rotatable bonds is 8. The van der Waals surface area contributed by atoms with Gasteiger partial charge in [0.25, 0.3) is 0 Å². The number of anilines is 2. The van der Waals surface area contributed by atoms with Crippen LogP contribution in [0.5, 0.6) is 0 Å². The van der Waals surface area contributed by atoms with Crippen LogP contribution in [-0.4, -0.2) is 54.5 Å². The highest BCUT2D eigenvalue weighted by atomic mass is 32.2. The third-order valence-corrected chi connectivity index (χ3v) is 7.23. The predicted molar refractivity (Wildman–Crippen MR) is 125 cm³/mol. The lowest BCUT2D eigenvalue weighted by atomic mass is 10.2. The first-order chi connectivity index (χ1) is 14.7. The Kier molecular flexibility index (Phi) is 7.14. The fourth-order valence-electron chi connectivity index (χ4n) is 2.81. The van der Waals surface area contributed by atoms with E-state index in [1.165, 1.54) is 38.0 Å². The summed E-state index contributed by atoms with van der Waals surface area (Å²) in [5, 5.41) is 6.93. The molecular formula is C21H25N5O3S2. The first-order valence-electron chi connectivity index (χ1n) is 9.73. The number of sulfonamides is 1. The summed E-state index contributed by atoms with van der Waals surface area (Å²) in [4.78, 5) is 22.0. The molecule has 0 fully saturated rings. The molecule has 31 heavy (non-hydrogen) atoms. The van der Waals surface area contributed by atoms with Crippen molar-refractivity contribution in [1.82, 2.24) is 14.3 Å². The van der Waals surface area contributed by atoms with Gasteiger partial charge < -0.3 is 10.6 Å². The molecule has 0 aliphatic carbocycles. The number of benzene rings is 2. The molecule has 1 heterocycles. The molecule has 0 bridgehead atoms. The second-order valence-electron chi connectivity index (χ2n) is 6.97. The Balaban J connectivity index is 1.77. The number of nitrogens with zero attached hydrogens (tertiary/aromatic N) is 3. The molecule has 0 spiro atoms. The van der Waals surface area contributed by atoms with E-state index in [1.54, 1.807) is 19.1 Å². The Labute approximate surface area is 186 Å². The number of nitrogens with one attached hydrogen (secondary N) is 2. The molecule has 0 saturated heterocycles. The second-order valence-corrected chi connectivity index (χ2v) is 10.4. The number of para-hydroxylation sites is 1. The van der Waals surface area contributed by atoms with Crippen LogP contribution in [0.2, 0.25) is 0 Å². The van der Waals surface area contributed by atoms with Crippen LogP contribution < -0.4 is 10.6 Å². The molecule has 1 amide bonds. The largest absolute Gasteiger partial charge is 0.370 e. The van der Waals surface area contributed by atoms with Crippen LogP contribution in [0, 0.1) is 0 Å². The zero-order valence-electron chi connectivity index (χ0n) is 17.8. The predicted octanol–water partition coefficient (Wildman–Crippen LogP) is 3.43. The van der Waals surface area contributed by atoms with Crippen LogP contribution in [0.25, 0.3) is 10.9 Å². The van der Waals surface area contributed by atoms with Crippen LogP contribution in [0.4, 0.5) is 11.5 Å². The maximum absolute atomic E-state index is 12.7. The number of hydrogen-bond acceptors (Lipinski definition) is 7. The van der Waals surface area contributed by atoms with Crippen LogP contribution >= 0.6 is 11.8 Å². The fraction of sp³-hybridized carbons (Fsp3) is 0.286. The minimum absolute atomic E-state index is 0.115. The molecule has 8 nitrogen and oxygen atoms in total. The Morgan fingerprint density at radius 2 is 1.87 bits per heavy atom. The molecule has 1 aromatic heterocycles. The van der Waals surface area contributed by atoms with Crippen molar-refractivity contribution in [3.63, 3.8) is 0 Å². The molecule has 164 valence electrons. The van der Waals surface area contributed by atoms with Crippen molar-refractivity contribution in [2.75, 3.05) is 31.3 Å². The summed E-state index contributed by atoms with van der Waals surface area (Å²) in [5.74, 6) is 0.455. The van der Waals surface area contributed by atoms with Crippen LogP contribution in [-0.2, 0) is 14.8 Å². The Hall–Kier alpha value is -2.69. The minimum Gasteiger partial charge on any atom is -0.370 e. The Bertz CT molecular complexity index is 1200. The summed E-state index contributed by atoms with van der Waals surface area (Å²) >= 11 is 1.24. The van der Waals surface area contributed by atoms with Gasteiger partial charge in [-0.05, 0) is 44.2 Å². The number of carbonyl (C=O) groups excluding carboxylic acids is 1. The summed E-state index contributed by atoms with van der Waals surface area (Å²) in [6.07, 6.45) is 0. The van der Waals surface area contributed by atoms with Crippen molar-refractivity contribution >= 4 is 50.1 Å². The zero-order chi connectivity index (χ0) is 22.6. The van der Waals surface area contributed by atoms with E-state index in [0.717, 1.165) is 21.0 Å². The molecule has 0 radical (unpaired) electrons. The van der Waals surface area contributed by atoms with Crippen molar-refractivity contribution < 1.29 is 13.2 Å². The van der Waals surface area contributed by atoms with Gasteiger partial charge in [-0.3, -0.25) is 4.79 Å². The van der Waals surface area contributed by atoms with Crippen molar-refractivity contribution in [1.29, 1.82) is 0 Å². The van der Waals surface area contributed by atoms with Crippen molar-refractivity contribution in [3.05, 3.63) is 48.5 Å². The van der Waals surface area contributed by atoms with E-state index in [4.69, 9.17) is 0 Å². The number of amides is 1. The monoisotopic (exact) mass is 459 g/mol. The summed E-state index contributed by atoms with van der Waals surface area (Å²) in [6, 6.07) is 13.9. The quantitative estimate of drug-likeness (QED) is 0.393. The number of carbonyl (C=O) groups is 1. The number of aromatic nitrogens is 2. The van der Waals surface area contributed by atoms with Crippen molar-refractivity contribution in [3.8, 4) is 0 Å². The third kappa shape index (κ3) is 5.33. The van der Waals surface area contributed by atoms with Gasteiger partial charge in [-0.15, -0.1) is 0 Å². The highest BCUT2D eigenvalue weighted by Crippen LogP contribution is 2.27. The molecule has 2 aromatic carbocycles.